The first-order chi connectivity index (χ1) is 33.0. The maximum atomic E-state index is 11.7. The van der Waals surface area contributed by atoms with Gasteiger partial charge in [-0.15, -0.1) is 10.2 Å². The van der Waals surface area contributed by atoms with Crippen LogP contribution >= 0.6 is 0 Å². The highest BCUT2D eigenvalue weighted by Crippen LogP contribution is 2.19. The molecule has 0 aliphatic heterocycles. The fraction of sp³-hybridized carbons (Fsp3) is 0.317. The molecule has 0 unspecified atom stereocenters. The maximum absolute atomic E-state index is 11.7. The Labute approximate surface area is 383 Å². The van der Waals surface area contributed by atoms with E-state index in [1.54, 1.807) is 48.5 Å². The van der Waals surface area contributed by atoms with Gasteiger partial charge < -0.3 is 42.6 Å². The molecule has 6 aromatic rings. The van der Waals surface area contributed by atoms with Gasteiger partial charge in [0.2, 0.25) is 0 Å². The van der Waals surface area contributed by atoms with Crippen LogP contribution in [-0.4, -0.2) is 131 Å². The van der Waals surface area contributed by atoms with Crippen molar-refractivity contribution < 1.29 is 81.3 Å². The van der Waals surface area contributed by atoms with Crippen molar-refractivity contribution in [1.29, 1.82) is 0 Å². The van der Waals surface area contributed by atoms with Crippen molar-refractivity contribution in [2.75, 3.05) is 66.1 Å². The van der Waals surface area contributed by atoms with Crippen LogP contribution in [0.1, 0.15) is 19.3 Å². The molecular weight excluding hydrogens is 908 g/mol. The van der Waals surface area contributed by atoms with Crippen molar-refractivity contribution in [3.63, 3.8) is 0 Å². The van der Waals surface area contributed by atoms with Gasteiger partial charge in [0.05, 0.1) is 49.5 Å². The number of hydrogen-bond donors (Lipinski definition) is 0. The van der Waals surface area contributed by atoms with E-state index in [4.69, 9.17) is 52.3 Å². The highest BCUT2D eigenvalue weighted by molar-refractivity contribution is 5.75. The molecule has 4 aromatic carbocycles. The molecule has 0 radical (unpaired) electrons. The number of non-ortho nitro benzene ring substituents is 2. The van der Waals surface area contributed by atoms with Crippen molar-refractivity contribution >= 4 is 58.1 Å². The van der Waals surface area contributed by atoms with Gasteiger partial charge in [-0.05, 0) is 78.2 Å². The third-order valence-electron chi connectivity index (χ3n) is 8.33. The largest absolute Gasteiger partial charge is 0.535 e. The summed E-state index contributed by atoms with van der Waals surface area (Å²) in [5, 5.41) is 36.3. The van der Waals surface area contributed by atoms with E-state index in [9.17, 15) is 39.4 Å². The molecular formula is C41H42N8O19. The molecule has 2 heterocycles. The lowest BCUT2D eigenvalue weighted by Crippen LogP contribution is -2.24. The number of fused-ring (bicyclic) bond motifs is 2. The van der Waals surface area contributed by atoms with E-state index in [1.807, 2.05) is 0 Å². The Bertz CT molecular complexity index is 2380. The molecule has 360 valence electrons. The predicted molar refractivity (Wildman–Crippen MR) is 227 cm³/mol. The minimum absolute atomic E-state index is 0.0165. The minimum Gasteiger partial charge on any atom is -0.434 e. The Hall–Kier alpha value is -8.56. The number of carbonyl (C=O) groups excluding carboxylic acids is 4. The summed E-state index contributed by atoms with van der Waals surface area (Å²) in [7, 11) is 0. The van der Waals surface area contributed by atoms with Crippen LogP contribution in [0.3, 0.4) is 0 Å². The molecule has 0 spiro atoms. The molecule has 27 heteroatoms. The average molecular weight is 951 g/mol. The van der Waals surface area contributed by atoms with Crippen LogP contribution in [0.25, 0.3) is 22.1 Å². The molecule has 2 aromatic heterocycles. The van der Waals surface area contributed by atoms with Crippen LogP contribution in [0.5, 0.6) is 11.5 Å². The summed E-state index contributed by atoms with van der Waals surface area (Å²) >= 11 is 0. The second-order valence-corrected chi connectivity index (χ2v) is 13.1. The van der Waals surface area contributed by atoms with Crippen LogP contribution in [0.2, 0.25) is 0 Å². The number of nitro groups is 2. The quantitative estimate of drug-likeness (QED) is 0.0138. The maximum Gasteiger partial charge on any atom is 0.535 e. The smallest absolute Gasteiger partial charge is 0.434 e. The summed E-state index contributed by atoms with van der Waals surface area (Å²) in [6, 6.07) is 24.0. The summed E-state index contributed by atoms with van der Waals surface area (Å²) in [4.78, 5) is 78.4. The number of para-hydroxylation sites is 2. The van der Waals surface area contributed by atoms with Crippen LogP contribution < -0.4 is 19.1 Å². The van der Waals surface area contributed by atoms with Crippen molar-refractivity contribution in [1.82, 2.24) is 30.3 Å². The highest BCUT2D eigenvalue weighted by atomic mass is 16.8. The van der Waals surface area contributed by atoms with Crippen LogP contribution in [0, 0.1) is 20.2 Å². The summed E-state index contributed by atoms with van der Waals surface area (Å²) in [5.41, 5.74) is 2.02. The third-order valence-corrected chi connectivity index (χ3v) is 8.33. The normalized spacial score (nSPS) is 10.6. The molecule has 27 nitrogen and oxygen atoms in total. The van der Waals surface area contributed by atoms with Gasteiger partial charge in [0.25, 0.3) is 11.4 Å². The summed E-state index contributed by atoms with van der Waals surface area (Å²) in [5.74, 6) is 0.262. The number of nitro benzene ring substituents is 2. The molecule has 0 bridgehead atoms. The van der Waals surface area contributed by atoms with Gasteiger partial charge in [-0.1, -0.05) is 34.0 Å². The average Bonchev–Trinajstić information content (AvgIpc) is 3.94. The zero-order valence-corrected chi connectivity index (χ0v) is 35.8. The third kappa shape index (κ3) is 17.8. The molecule has 0 amide bonds. The van der Waals surface area contributed by atoms with Crippen LogP contribution in [-0.2, 0) is 33.2 Å². The lowest BCUT2D eigenvalue weighted by Gasteiger charge is -2.07. The monoisotopic (exact) mass is 950 g/mol. The lowest BCUT2D eigenvalue weighted by atomic mass is 10.2. The summed E-state index contributed by atoms with van der Waals surface area (Å²) in [6.07, 6.45) is -1.73. The highest BCUT2D eigenvalue weighted by Gasteiger charge is 2.14. The van der Waals surface area contributed by atoms with E-state index in [-0.39, 0.29) is 82.3 Å². The second kappa shape index (κ2) is 27.7. The number of hydrogen-bond acceptors (Lipinski definition) is 23. The Morgan fingerprint density at radius 1 is 0.441 bits per heavy atom. The minimum atomic E-state index is -0.949. The first kappa shape index (κ1) is 50.4. The Balaban J connectivity index is 0.000000254. The molecule has 0 aliphatic carbocycles. The molecule has 0 aliphatic rings. The van der Waals surface area contributed by atoms with Gasteiger partial charge in [-0.2, -0.15) is 0 Å². The summed E-state index contributed by atoms with van der Waals surface area (Å²) in [6.45, 7) is 1.45. The second-order valence-electron chi connectivity index (χ2n) is 13.1. The molecule has 0 saturated heterocycles. The number of unbranched alkanes of at least 4 members (excludes halogenated alkanes) is 2. The van der Waals surface area contributed by atoms with Crippen molar-refractivity contribution in [3.05, 3.63) is 117 Å². The van der Waals surface area contributed by atoms with E-state index in [0.717, 1.165) is 9.69 Å². The van der Waals surface area contributed by atoms with Crippen molar-refractivity contribution in [3.8, 4) is 11.5 Å². The molecule has 0 saturated carbocycles. The molecule has 0 fully saturated rings. The van der Waals surface area contributed by atoms with Crippen molar-refractivity contribution in [2.45, 2.75) is 19.3 Å². The van der Waals surface area contributed by atoms with E-state index in [0.29, 0.717) is 47.9 Å². The predicted octanol–water partition coefficient (Wildman–Crippen LogP) is 5.46. The SMILES string of the molecule is O=C(OCCCCCOCCOC(=O)Oc1ccc([N+](=O)[O-])cc1)Oc1ccc([N+](=O)[O-])cc1.O=C(OCCOCCOCCOC(=O)On1nnc2ccccc21)On1nnc2ccccc21. The molecule has 6 rings (SSSR count). The number of carbonyl (C=O) groups is 4. The number of aromatic nitrogens is 6. The molecule has 0 N–H and O–H groups in total. The molecule has 0 atom stereocenters. The van der Waals surface area contributed by atoms with E-state index >= 15 is 0 Å². The van der Waals surface area contributed by atoms with Gasteiger partial charge in [-0.25, -0.2) is 19.2 Å². The number of ether oxygens (including phenoxy) is 9. The fourth-order valence-electron chi connectivity index (χ4n) is 5.16. The van der Waals surface area contributed by atoms with Crippen LogP contribution in [0.4, 0.5) is 30.6 Å². The Kier molecular flexibility index (Phi) is 20.5. The van der Waals surface area contributed by atoms with Gasteiger partial charge in [-0.3, -0.25) is 29.9 Å². The zero-order valence-electron chi connectivity index (χ0n) is 35.8. The first-order valence-electron chi connectivity index (χ1n) is 20.3. The van der Waals surface area contributed by atoms with E-state index < -0.39 is 34.5 Å². The van der Waals surface area contributed by atoms with Gasteiger partial charge in [0.1, 0.15) is 53.4 Å². The topological polar surface area (TPSA) is 318 Å². The molecule has 68 heavy (non-hydrogen) atoms. The van der Waals surface area contributed by atoms with Gasteiger partial charge in [0.15, 0.2) is 0 Å². The van der Waals surface area contributed by atoms with E-state index in [1.165, 1.54) is 48.5 Å². The Morgan fingerprint density at radius 3 is 1.25 bits per heavy atom. The van der Waals surface area contributed by atoms with Gasteiger partial charge >= 0.3 is 24.6 Å². The van der Waals surface area contributed by atoms with Crippen LogP contribution in [0.15, 0.2) is 97.1 Å². The zero-order chi connectivity index (χ0) is 48.4. The van der Waals surface area contributed by atoms with Crippen molar-refractivity contribution in [2.24, 2.45) is 0 Å². The first-order valence-corrected chi connectivity index (χ1v) is 20.3. The lowest BCUT2D eigenvalue weighted by molar-refractivity contribution is -0.385. The fourth-order valence-corrected chi connectivity index (χ4v) is 5.16. The number of rotatable bonds is 24. The number of nitrogens with zero attached hydrogens (tertiary/aromatic N) is 8. The van der Waals surface area contributed by atoms with Gasteiger partial charge in [0, 0.05) is 30.9 Å². The Morgan fingerprint density at radius 2 is 0.809 bits per heavy atom. The number of benzene rings is 4. The van der Waals surface area contributed by atoms with E-state index in [2.05, 4.69) is 20.6 Å². The summed E-state index contributed by atoms with van der Waals surface area (Å²) < 4.78 is 45.2. The standard InChI is InChI=1S/C21H22N2O11.C20H20N6O8/c24-20(33-18-8-4-16(5-9-18)22(26)27)31-13-3-1-2-12-30-14-15-32-21(25)34-19-10-6-17(7-11-19)23(28)29;27-19(33-25-17-7-3-1-5-15(17)21-23-25)31-13-11-29-9-10-30-12-14-32-20(28)34-26-18-8-4-2-6-16(18)22-24-26/h4-11H,1-3,12-15H2;1-8H,9-14H2.